The molecule has 0 bridgehead atoms. The Balaban J connectivity index is 2.52. The lowest BCUT2D eigenvalue weighted by atomic mass is 10.0. The summed E-state index contributed by atoms with van der Waals surface area (Å²) < 4.78 is 8.96. The van der Waals surface area contributed by atoms with Crippen LogP contribution in [0.5, 0.6) is 5.75 Å². The van der Waals surface area contributed by atoms with Gasteiger partial charge in [0.15, 0.2) is 0 Å². The molecule has 9 nitrogen and oxygen atoms in total. The third kappa shape index (κ3) is 2.75. The number of rotatable bonds is 6. The lowest BCUT2D eigenvalue weighted by molar-refractivity contribution is 0.0168. The predicted octanol–water partition coefficient (Wildman–Crippen LogP) is -0.614. The number of aliphatic hydroxyl groups excluding tert-OH is 3. The minimum Gasteiger partial charge on any atom is -0.497 e. The molecule has 3 rings (SSSR count). The fourth-order valence-corrected chi connectivity index (χ4v) is 3.33. The molecule has 0 aliphatic heterocycles. The van der Waals surface area contributed by atoms with Crippen molar-refractivity contribution in [3.8, 4) is 17.0 Å². The molecule has 0 radical (unpaired) electrons. The number of benzene rings is 1. The van der Waals surface area contributed by atoms with E-state index in [1.54, 1.807) is 24.3 Å². The minimum atomic E-state index is -1.46. The average Bonchev–Trinajstić information content (AvgIpc) is 3.14. The fraction of sp³-hybridized carbons (Fsp3) is 0.368. The van der Waals surface area contributed by atoms with Gasteiger partial charge in [0.2, 0.25) is 0 Å². The highest BCUT2D eigenvalue weighted by Crippen LogP contribution is 2.33. The van der Waals surface area contributed by atoms with Crippen LogP contribution in [0.4, 0.5) is 0 Å². The standard InChI is InChI=1S/C19H23N3O6/c1-20-14-8-22(19(9-23,10-24)11-25)16(12-4-6-13(28-3)7-5-12)15(14)17(26)21(2)18(20)27/h4-8,23-25H,9-11H2,1-3H3. The summed E-state index contributed by atoms with van der Waals surface area (Å²) in [4.78, 5) is 25.3. The first-order valence-corrected chi connectivity index (χ1v) is 8.63. The molecule has 0 aliphatic rings. The molecule has 0 fully saturated rings. The molecular weight excluding hydrogens is 366 g/mol. The molecule has 2 aromatic heterocycles. The zero-order valence-corrected chi connectivity index (χ0v) is 15.9. The summed E-state index contributed by atoms with van der Waals surface area (Å²) in [5.41, 5.74) is -1.16. The van der Waals surface area contributed by atoms with Crippen molar-refractivity contribution in [3.05, 3.63) is 51.3 Å². The van der Waals surface area contributed by atoms with Gasteiger partial charge in [0.25, 0.3) is 5.56 Å². The van der Waals surface area contributed by atoms with Crippen LogP contribution < -0.4 is 16.0 Å². The Morgan fingerprint density at radius 3 is 2.04 bits per heavy atom. The normalized spacial score (nSPS) is 11.9. The van der Waals surface area contributed by atoms with E-state index < -0.39 is 36.6 Å². The molecule has 0 atom stereocenters. The Bertz CT molecular complexity index is 1110. The van der Waals surface area contributed by atoms with Crippen molar-refractivity contribution in [2.24, 2.45) is 14.1 Å². The van der Waals surface area contributed by atoms with Crippen molar-refractivity contribution < 1.29 is 20.1 Å². The van der Waals surface area contributed by atoms with Gasteiger partial charge in [-0.2, -0.15) is 0 Å². The highest BCUT2D eigenvalue weighted by atomic mass is 16.5. The van der Waals surface area contributed by atoms with Gasteiger partial charge in [0, 0.05) is 20.3 Å². The summed E-state index contributed by atoms with van der Waals surface area (Å²) >= 11 is 0. The third-order valence-corrected chi connectivity index (χ3v) is 5.20. The van der Waals surface area contributed by atoms with Crippen LogP contribution in [0.25, 0.3) is 22.2 Å². The molecule has 0 saturated carbocycles. The zero-order valence-electron chi connectivity index (χ0n) is 15.9. The molecule has 0 spiro atoms. The second kappa shape index (κ2) is 7.27. The first-order valence-electron chi connectivity index (χ1n) is 8.63. The van der Waals surface area contributed by atoms with Crippen LogP contribution in [0, 0.1) is 0 Å². The quantitative estimate of drug-likeness (QED) is 0.517. The number of aliphatic hydroxyl groups is 3. The molecule has 3 aromatic rings. The number of nitrogens with zero attached hydrogens (tertiary/aromatic N) is 3. The van der Waals surface area contributed by atoms with E-state index in [9.17, 15) is 24.9 Å². The molecule has 28 heavy (non-hydrogen) atoms. The van der Waals surface area contributed by atoms with Gasteiger partial charge in [0.1, 0.15) is 11.3 Å². The monoisotopic (exact) mass is 389 g/mol. The largest absolute Gasteiger partial charge is 0.497 e. The van der Waals surface area contributed by atoms with Crippen LogP contribution in [-0.4, -0.2) is 56.0 Å². The minimum absolute atomic E-state index is 0.245. The number of hydrogen-bond acceptors (Lipinski definition) is 6. The van der Waals surface area contributed by atoms with E-state index in [2.05, 4.69) is 0 Å². The molecule has 9 heteroatoms. The van der Waals surface area contributed by atoms with Crippen LogP contribution in [-0.2, 0) is 19.6 Å². The van der Waals surface area contributed by atoms with Gasteiger partial charge < -0.3 is 24.6 Å². The van der Waals surface area contributed by atoms with Gasteiger partial charge in [-0.15, -0.1) is 0 Å². The van der Waals surface area contributed by atoms with E-state index in [0.29, 0.717) is 22.5 Å². The van der Waals surface area contributed by atoms with Crippen molar-refractivity contribution >= 4 is 10.9 Å². The molecule has 2 heterocycles. The Morgan fingerprint density at radius 1 is 0.964 bits per heavy atom. The highest BCUT2D eigenvalue weighted by Gasteiger charge is 2.34. The molecule has 150 valence electrons. The summed E-state index contributed by atoms with van der Waals surface area (Å²) in [5.74, 6) is 0.615. The fourth-order valence-electron chi connectivity index (χ4n) is 3.33. The van der Waals surface area contributed by atoms with Gasteiger partial charge in [-0.25, -0.2) is 4.79 Å². The molecule has 1 aromatic carbocycles. The van der Waals surface area contributed by atoms with Crippen molar-refractivity contribution in [1.29, 1.82) is 0 Å². The van der Waals surface area contributed by atoms with Gasteiger partial charge in [-0.3, -0.25) is 13.9 Å². The van der Waals surface area contributed by atoms with E-state index in [1.165, 1.54) is 36.5 Å². The maximum atomic E-state index is 12.9. The van der Waals surface area contributed by atoms with Crippen LogP contribution >= 0.6 is 0 Å². The second-order valence-corrected chi connectivity index (χ2v) is 6.74. The van der Waals surface area contributed by atoms with Crippen LogP contribution in [0.1, 0.15) is 0 Å². The van der Waals surface area contributed by atoms with Gasteiger partial charge in [-0.05, 0) is 29.8 Å². The molecule has 0 unspecified atom stereocenters. The lowest BCUT2D eigenvalue weighted by Gasteiger charge is -2.31. The van der Waals surface area contributed by atoms with Crippen molar-refractivity contribution in [2.75, 3.05) is 26.9 Å². The molecule has 0 saturated heterocycles. The number of aromatic nitrogens is 3. The van der Waals surface area contributed by atoms with Gasteiger partial charge in [0.05, 0.1) is 43.5 Å². The Labute approximate surface area is 160 Å². The number of aryl methyl sites for hydroxylation is 1. The topological polar surface area (TPSA) is 119 Å². The van der Waals surface area contributed by atoms with Gasteiger partial charge in [-0.1, -0.05) is 0 Å². The zero-order chi connectivity index (χ0) is 20.6. The second-order valence-electron chi connectivity index (χ2n) is 6.74. The smallest absolute Gasteiger partial charge is 0.330 e. The Morgan fingerprint density at radius 2 is 1.54 bits per heavy atom. The van der Waals surface area contributed by atoms with E-state index in [4.69, 9.17) is 4.74 Å². The van der Waals surface area contributed by atoms with E-state index in [-0.39, 0.29) is 5.39 Å². The summed E-state index contributed by atoms with van der Waals surface area (Å²) in [7, 11) is 4.45. The number of fused-ring (bicyclic) bond motifs is 1. The van der Waals surface area contributed by atoms with Crippen molar-refractivity contribution in [1.82, 2.24) is 13.7 Å². The maximum absolute atomic E-state index is 12.9. The van der Waals surface area contributed by atoms with Crippen LogP contribution in [0.3, 0.4) is 0 Å². The van der Waals surface area contributed by atoms with Crippen LogP contribution in [0.2, 0.25) is 0 Å². The number of methoxy groups -OCH3 is 1. The summed E-state index contributed by atoms with van der Waals surface area (Å²) in [6, 6.07) is 6.88. The van der Waals surface area contributed by atoms with E-state index >= 15 is 0 Å². The highest BCUT2D eigenvalue weighted by molar-refractivity contribution is 5.94. The predicted molar refractivity (Wildman–Crippen MR) is 104 cm³/mol. The maximum Gasteiger partial charge on any atom is 0.330 e. The summed E-state index contributed by atoms with van der Waals surface area (Å²) in [6.07, 6.45) is 1.50. The molecule has 0 amide bonds. The Kier molecular flexibility index (Phi) is 5.16. The van der Waals surface area contributed by atoms with Crippen molar-refractivity contribution in [2.45, 2.75) is 5.54 Å². The average molecular weight is 389 g/mol. The SMILES string of the molecule is COc1ccc(-c2c3c(=O)n(C)c(=O)n(C)c3cn2C(CO)(CO)CO)cc1. The summed E-state index contributed by atoms with van der Waals surface area (Å²) in [5, 5.41) is 30.1. The van der Waals surface area contributed by atoms with E-state index in [0.717, 1.165) is 4.57 Å². The third-order valence-electron chi connectivity index (χ3n) is 5.20. The van der Waals surface area contributed by atoms with Crippen LogP contribution in [0.15, 0.2) is 40.1 Å². The number of hydrogen-bond donors (Lipinski definition) is 3. The molecule has 3 N–H and O–H groups in total. The first kappa shape index (κ1) is 19.9. The lowest BCUT2D eigenvalue weighted by Crippen LogP contribution is -2.44. The Hall–Kier alpha value is -2.88. The number of ether oxygens (including phenoxy) is 1. The van der Waals surface area contributed by atoms with E-state index in [1.807, 2.05) is 0 Å². The van der Waals surface area contributed by atoms with Crippen molar-refractivity contribution in [3.63, 3.8) is 0 Å². The first-order chi connectivity index (χ1) is 13.3. The summed E-state index contributed by atoms with van der Waals surface area (Å²) in [6.45, 7) is -1.71. The molecule has 0 aliphatic carbocycles. The van der Waals surface area contributed by atoms with Gasteiger partial charge >= 0.3 is 5.69 Å². The molecular formula is C19H23N3O6.